The van der Waals surface area contributed by atoms with E-state index in [1.54, 1.807) is 19.4 Å². The quantitative estimate of drug-likeness (QED) is 0.922. The average Bonchev–Trinajstić information content (AvgIpc) is 2.36. The van der Waals surface area contributed by atoms with Crippen molar-refractivity contribution in [3.05, 3.63) is 17.8 Å². The Bertz CT molecular complexity index is 511. The molecule has 0 unspecified atom stereocenters. The monoisotopic (exact) mass is 312 g/mol. The number of urea groups is 1. The number of amides is 2. The van der Waals surface area contributed by atoms with Crippen molar-refractivity contribution in [1.29, 1.82) is 0 Å². The van der Waals surface area contributed by atoms with Crippen LogP contribution >= 0.6 is 0 Å². The van der Waals surface area contributed by atoms with Gasteiger partial charge in [-0.25, -0.2) is 4.79 Å². The summed E-state index contributed by atoms with van der Waals surface area (Å²) in [5, 5.41) is 10.8. The van der Waals surface area contributed by atoms with Crippen molar-refractivity contribution in [3.8, 4) is 0 Å². The van der Waals surface area contributed by atoms with Crippen LogP contribution in [0.25, 0.3) is 0 Å². The van der Waals surface area contributed by atoms with Gasteiger partial charge in [0.05, 0.1) is 5.69 Å². The molecule has 1 N–H and O–H groups in total. The Kier molecular flexibility index (Phi) is 5.83. The maximum atomic E-state index is 12.1. The highest BCUT2D eigenvalue weighted by Gasteiger charge is 2.19. The molecular formula is C14H24N4O2S. The third-order valence-electron chi connectivity index (χ3n) is 3.13. The molecule has 0 bridgehead atoms. The van der Waals surface area contributed by atoms with E-state index in [2.05, 4.69) is 36.3 Å². The van der Waals surface area contributed by atoms with Crippen LogP contribution in [0.15, 0.2) is 12.1 Å². The molecular weight excluding hydrogens is 288 g/mol. The molecule has 21 heavy (non-hydrogen) atoms. The molecule has 1 aromatic heterocycles. The molecule has 1 rings (SSSR count). The Morgan fingerprint density at radius 3 is 2.43 bits per heavy atom. The highest BCUT2D eigenvalue weighted by atomic mass is 32.2. The van der Waals surface area contributed by atoms with Crippen LogP contribution in [0.1, 0.15) is 33.4 Å². The standard InChI is InChI=1S/C14H24N4O2S/c1-10(9-21(6)20)18(5)13(19)15-12-8-7-11(16-17-12)14(2,3)4/h7-8,10H,9H2,1-6H3,(H,15,17,19)/t10-,21-/m1/s1. The Balaban J connectivity index is 2.68. The van der Waals surface area contributed by atoms with E-state index in [9.17, 15) is 9.00 Å². The molecule has 0 aromatic carbocycles. The second-order valence-corrected chi connectivity index (χ2v) is 7.66. The first-order valence-electron chi connectivity index (χ1n) is 6.79. The van der Waals surface area contributed by atoms with Crippen LogP contribution in [0.5, 0.6) is 0 Å². The van der Waals surface area contributed by atoms with Crippen molar-refractivity contribution in [2.24, 2.45) is 0 Å². The smallest absolute Gasteiger partial charge is 0.323 e. The van der Waals surface area contributed by atoms with Crippen molar-refractivity contribution in [2.75, 3.05) is 24.4 Å². The van der Waals surface area contributed by atoms with E-state index in [4.69, 9.17) is 0 Å². The lowest BCUT2D eigenvalue weighted by atomic mass is 9.92. The lowest BCUT2D eigenvalue weighted by Crippen LogP contribution is -2.41. The van der Waals surface area contributed by atoms with Gasteiger partial charge in [0, 0.05) is 41.3 Å². The van der Waals surface area contributed by atoms with Crippen molar-refractivity contribution >= 4 is 22.6 Å². The third kappa shape index (κ3) is 5.41. The highest BCUT2D eigenvalue weighted by Crippen LogP contribution is 2.19. The van der Waals surface area contributed by atoms with Crippen LogP contribution in [-0.2, 0) is 16.2 Å². The summed E-state index contributed by atoms with van der Waals surface area (Å²) in [5.41, 5.74) is 0.787. The van der Waals surface area contributed by atoms with Crippen molar-refractivity contribution in [2.45, 2.75) is 39.2 Å². The number of aromatic nitrogens is 2. The summed E-state index contributed by atoms with van der Waals surface area (Å²) in [6.45, 7) is 8.01. The number of carbonyl (C=O) groups is 1. The fourth-order valence-electron chi connectivity index (χ4n) is 1.65. The molecule has 118 valence electrons. The average molecular weight is 312 g/mol. The van der Waals surface area contributed by atoms with Crippen LogP contribution in [-0.4, -0.2) is 50.4 Å². The second kappa shape index (κ2) is 6.98. The molecule has 7 heteroatoms. The normalized spacial score (nSPS) is 14.4. The molecule has 0 aliphatic rings. The molecule has 1 aromatic rings. The fraction of sp³-hybridized carbons (Fsp3) is 0.643. The molecule has 0 radical (unpaired) electrons. The molecule has 2 amide bonds. The molecule has 0 aliphatic carbocycles. The number of rotatable bonds is 4. The predicted molar refractivity (Wildman–Crippen MR) is 85.9 cm³/mol. The zero-order chi connectivity index (χ0) is 16.2. The van der Waals surface area contributed by atoms with Gasteiger partial charge in [0.15, 0.2) is 5.82 Å². The maximum absolute atomic E-state index is 12.1. The molecule has 0 fully saturated rings. The Labute approximate surface area is 128 Å². The SMILES string of the molecule is C[C@H](C[S@@](C)=O)N(C)C(=O)Nc1ccc(C(C)(C)C)nn1. The minimum Gasteiger partial charge on any atom is -0.324 e. The highest BCUT2D eigenvalue weighted by molar-refractivity contribution is 7.84. The maximum Gasteiger partial charge on any atom is 0.323 e. The number of nitrogens with zero attached hydrogens (tertiary/aromatic N) is 3. The van der Waals surface area contributed by atoms with Gasteiger partial charge in [0.25, 0.3) is 0 Å². The van der Waals surface area contributed by atoms with Gasteiger partial charge in [-0.3, -0.25) is 9.53 Å². The zero-order valence-electron chi connectivity index (χ0n) is 13.5. The van der Waals surface area contributed by atoms with Gasteiger partial charge in [0.1, 0.15) is 0 Å². The largest absolute Gasteiger partial charge is 0.324 e. The van der Waals surface area contributed by atoms with Crippen molar-refractivity contribution < 1.29 is 9.00 Å². The lowest BCUT2D eigenvalue weighted by Gasteiger charge is -2.24. The van der Waals surface area contributed by atoms with Gasteiger partial charge in [0.2, 0.25) is 0 Å². The Hall–Kier alpha value is -1.50. The fourth-order valence-corrected chi connectivity index (χ4v) is 2.55. The van der Waals surface area contributed by atoms with E-state index in [-0.39, 0.29) is 17.5 Å². The summed E-state index contributed by atoms with van der Waals surface area (Å²) in [5.74, 6) is 0.850. The second-order valence-electron chi connectivity index (χ2n) is 6.18. The minimum atomic E-state index is -0.942. The topological polar surface area (TPSA) is 75.2 Å². The number of hydrogen-bond donors (Lipinski definition) is 1. The number of nitrogens with one attached hydrogen (secondary N) is 1. The van der Waals surface area contributed by atoms with Gasteiger partial charge in [-0.15, -0.1) is 5.10 Å². The summed E-state index contributed by atoms with van der Waals surface area (Å²) in [6, 6.07) is 3.19. The van der Waals surface area contributed by atoms with E-state index >= 15 is 0 Å². The first-order chi connectivity index (χ1) is 9.61. The summed E-state index contributed by atoms with van der Waals surface area (Å²) >= 11 is 0. The van der Waals surface area contributed by atoms with Gasteiger partial charge in [-0.2, -0.15) is 5.10 Å². The van der Waals surface area contributed by atoms with E-state index in [1.807, 2.05) is 13.0 Å². The van der Waals surface area contributed by atoms with Crippen LogP contribution in [0.3, 0.4) is 0 Å². The van der Waals surface area contributed by atoms with Crippen LogP contribution in [0.4, 0.5) is 10.6 Å². The number of carbonyl (C=O) groups excluding carboxylic acids is 1. The summed E-state index contributed by atoms with van der Waals surface area (Å²) in [7, 11) is 0.728. The molecule has 0 spiro atoms. The molecule has 0 saturated heterocycles. The summed E-state index contributed by atoms with van der Waals surface area (Å²) in [4.78, 5) is 13.6. The van der Waals surface area contributed by atoms with Gasteiger partial charge < -0.3 is 4.90 Å². The number of anilines is 1. The van der Waals surface area contributed by atoms with E-state index < -0.39 is 10.8 Å². The number of hydrogen-bond acceptors (Lipinski definition) is 4. The van der Waals surface area contributed by atoms with Crippen molar-refractivity contribution in [1.82, 2.24) is 15.1 Å². The first-order valence-corrected chi connectivity index (χ1v) is 8.52. The van der Waals surface area contributed by atoms with Crippen molar-refractivity contribution in [3.63, 3.8) is 0 Å². The van der Waals surface area contributed by atoms with Gasteiger partial charge in [-0.05, 0) is 19.1 Å². The third-order valence-corrected chi connectivity index (χ3v) is 4.08. The van der Waals surface area contributed by atoms with E-state index in [1.165, 1.54) is 4.90 Å². The first kappa shape index (κ1) is 17.6. The molecule has 0 saturated carbocycles. The summed E-state index contributed by atoms with van der Waals surface area (Å²) < 4.78 is 11.2. The predicted octanol–water partition coefficient (Wildman–Crippen LogP) is 2.00. The van der Waals surface area contributed by atoms with Crippen LogP contribution in [0.2, 0.25) is 0 Å². The van der Waals surface area contributed by atoms with Crippen LogP contribution in [0, 0.1) is 0 Å². The molecule has 0 aliphatic heterocycles. The van der Waals surface area contributed by atoms with Gasteiger partial charge >= 0.3 is 6.03 Å². The Morgan fingerprint density at radius 2 is 2.00 bits per heavy atom. The molecule has 2 atom stereocenters. The van der Waals surface area contributed by atoms with E-state index in [0.717, 1.165) is 5.69 Å². The summed E-state index contributed by atoms with van der Waals surface area (Å²) in [6.07, 6.45) is 1.62. The minimum absolute atomic E-state index is 0.0773. The zero-order valence-corrected chi connectivity index (χ0v) is 14.3. The van der Waals surface area contributed by atoms with Gasteiger partial charge in [-0.1, -0.05) is 20.8 Å². The molecule has 1 heterocycles. The van der Waals surface area contributed by atoms with Crippen LogP contribution < -0.4 is 5.32 Å². The lowest BCUT2D eigenvalue weighted by molar-refractivity contribution is 0.212. The Morgan fingerprint density at radius 1 is 1.38 bits per heavy atom. The van der Waals surface area contributed by atoms with E-state index in [0.29, 0.717) is 11.6 Å². The molecule has 6 nitrogen and oxygen atoms in total.